The van der Waals surface area contributed by atoms with Crippen LogP contribution in [0.4, 0.5) is 11.5 Å². The fourth-order valence-corrected chi connectivity index (χ4v) is 5.73. The van der Waals surface area contributed by atoms with Crippen LogP contribution in [-0.2, 0) is 0 Å². The van der Waals surface area contributed by atoms with E-state index < -0.39 is 0 Å². The Balaban J connectivity index is 1.05. The predicted octanol–water partition coefficient (Wildman–Crippen LogP) is 4.55. The van der Waals surface area contributed by atoms with Crippen molar-refractivity contribution in [2.24, 2.45) is 4.99 Å². The van der Waals surface area contributed by atoms with E-state index >= 15 is 0 Å². The highest BCUT2D eigenvalue weighted by Gasteiger charge is 2.31. The quantitative estimate of drug-likeness (QED) is 0.412. The molecule has 2 fully saturated rings. The lowest BCUT2D eigenvalue weighted by Crippen LogP contribution is -2.46. The zero-order chi connectivity index (χ0) is 25.9. The number of hydrogen-bond acceptors (Lipinski definition) is 7. The molecular weight excluding hydrogens is 478 g/mol. The number of pyridine rings is 1. The highest BCUT2D eigenvalue weighted by atomic mass is 16.5. The van der Waals surface area contributed by atoms with Gasteiger partial charge in [0.1, 0.15) is 5.82 Å². The Morgan fingerprint density at radius 1 is 0.974 bits per heavy atom. The molecule has 38 heavy (non-hydrogen) atoms. The molecule has 2 saturated heterocycles. The Morgan fingerprint density at radius 2 is 1.82 bits per heavy atom. The van der Waals surface area contributed by atoms with Crippen LogP contribution in [0.15, 0.2) is 53.7 Å². The molecular formula is C30H35N5O3. The van der Waals surface area contributed by atoms with Gasteiger partial charge in [0.2, 0.25) is 0 Å². The molecule has 3 aliphatic rings. The van der Waals surface area contributed by atoms with Crippen LogP contribution < -0.4 is 14.4 Å². The number of fused-ring (bicyclic) bond motifs is 3. The molecule has 0 saturated carbocycles. The molecule has 0 radical (unpaired) electrons. The van der Waals surface area contributed by atoms with Crippen LogP contribution in [0.25, 0.3) is 10.8 Å². The van der Waals surface area contributed by atoms with E-state index in [1.807, 2.05) is 53.7 Å². The highest BCUT2D eigenvalue weighted by Crippen LogP contribution is 2.37. The van der Waals surface area contributed by atoms with Crippen LogP contribution in [-0.4, -0.2) is 85.9 Å². The maximum absolute atomic E-state index is 13.2. The number of amides is 1. The third kappa shape index (κ3) is 5.05. The summed E-state index contributed by atoms with van der Waals surface area (Å²) in [5, 5.41) is 1.95. The number of carbonyl (C=O) groups is 1. The van der Waals surface area contributed by atoms with E-state index in [2.05, 4.69) is 25.8 Å². The van der Waals surface area contributed by atoms with Crippen LogP contribution >= 0.6 is 0 Å². The van der Waals surface area contributed by atoms with Gasteiger partial charge in [-0.2, -0.15) is 0 Å². The van der Waals surface area contributed by atoms with E-state index in [0.717, 1.165) is 93.0 Å². The third-order valence-electron chi connectivity index (χ3n) is 7.89. The first kappa shape index (κ1) is 24.7. The molecule has 1 atom stereocenters. The smallest absolute Gasteiger partial charge is 0.256 e. The van der Waals surface area contributed by atoms with Crippen LogP contribution in [0.1, 0.15) is 36.0 Å². The average Bonchev–Trinajstić information content (AvgIpc) is 3.39. The summed E-state index contributed by atoms with van der Waals surface area (Å²) < 4.78 is 11.8. The van der Waals surface area contributed by atoms with Gasteiger partial charge in [-0.25, -0.2) is 4.98 Å². The first-order valence-corrected chi connectivity index (χ1v) is 13.7. The first-order chi connectivity index (χ1) is 18.7. The molecule has 0 N–H and O–H groups in total. The molecule has 3 aliphatic heterocycles. The molecule has 1 amide bonds. The highest BCUT2D eigenvalue weighted by molar-refractivity contribution is 6.07. The summed E-state index contributed by atoms with van der Waals surface area (Å²) in [6, 6.07) is 14.1. The molecule has 3 aromatic rings. The number of hydrogen-bond donors (Lipinski definition) is 0. The number of rotatable bonds is 8. The van der Waals surface area contributed by atoms with Crippen LogP contribution in [0.5, 0.6) is 11.5 Å². The minimum Gasteiger partial charge on any atom is -0.493 e. The molecule has 0 bridgehead atoms. The van der Waals surface area contributed by atoms with Crippen molar-refractivity contribution in [1.82, 2.24) is 14.8 Å². The summed E-state index contributed by atoms with van der Waals surface area (Å²) >= 11 is 0. The van der Waals surface area contributed by atoms with Gasteiger partial charge in [0.15, 0.2) is 11.5 Å². The van der Waals surface area contributed by atoms with Crippen molar-refractivity contribution in [2.45, 2.75) is 31.7 Å². The number of nitrogens with zero attached hydrogens (tertiary/aromatic N) is 5. The Morgan fingerprint density at radius 3 is 2.63 bits per heavy atom. The number of anilines is 1. The third-order valence-corrected chi connectivity index (χ3v) is 7.89. The van der Waals surface area contributed by atoms with Crippen molar-refractivity contribution >= 4 is 34.4 Å². The van der Waals surface area contributed by atoms with E-state index in [0.29, 0.717) is 17.9 Å². The molecule has 0 aliphatic carbocycles. The second-order valence-electron chi connectivity index (χ2n) is 10.3. The lowest BCUT2D eigenvalue weighted by molar-refractivity contribution is 0.0775. The van der Waals surface area contributed by atoms with E-state index in [1.54, 1.807) is 7.11 Å². The predicted molar refractivity (Wildman–Crippen MR) is 150 cm³/mol. The maximum Gasteiger partial charge on any atom is 0.256 e. The summed E-state index contributed by atoms with van der Waals surface area (Å²) in [5.74, 6) is 2.55. The van der Waals surface area contributed by atoms with Gasteiger partial charge < -0.3 is 19.3 Å². The summed E-state index contributed by atoms with van der Waals surface area (Å²) in [5.41, 5.74) is 1.39. The summed E-state index contributed by atoms with van der Waals surface area (Å²) in [4.78, 5) is 29.1. The van der Waals surface area contributed by atoms with Gasteiger partial charge in [-0.3, -0.25) is 14.7 Å². The molecule has 0 spiro atoms. The molecule has 0 unspecified atom stereocenters. The van der Waals surface area contributed by atoms with E-state index in [9.17, 15) is 4.79 Å². The lowest BCUT2D eigenvalue weighted by atomic mass is 10.0. The van der Waals surface area contributed by atoms with E-state index in [1.165, 1.54) is 0 Å². The van der Waals surface area contributed by atoms with Crippen LogP contribution in [0, 0.1) is 0 Å². The van der Waals surface area contributed by atoms with Gasteiger partial charge in [0.05, 0.1) is 31.0 Å². The average molecular weight is 514 g/mol. The van der Waals surface area contributed by atoms with Gasteiger partial charge in [0.25, 0.3) is 5.91 Å². The Labute approximate surface area is 223 Å². The largest absolute Gasteiger partial charge is 0.493 e. The fraction of sp³-hybridized carbons (Fsp3) is 0.433. The van der Waals surface area contributed by atoms with Gasteiger partial charge in [-0.1, -0.05) is 6.07 Å². The number of ether oxygens (including phenoxy) is 2. The van der Waals surface area contributed by atoms with Crippen molar-refractivity contribution in [3.8, 4) is 11.5 Å². The number of unbranched alkanes of at least 4 members (excludes halogenated alkanes) is 1. The van der Waals surface area contributed by atoms with Crippen molar-refractivity contribution in [3.63, 3.8) is 0 Å². The number of piperazine rings is 1. The molecule has 8 nitrogen and oxygen atoms in total. The topological polar surface area (TPSA) is 70.5 Å². The second-order valence-corrected chi connectivity index (χ2v) is 10.3. The van der Waals surface area contributed by atoms with Crippen molar-refractivity contribution in [2.75, 3.05) is 57.9 Å². The van der Waals surface area contributed by atoms with Gasteiger partial charge in [0, 0.05) is 45.1 Å². The number of methoxy groups -OCH3 is 1. The zero-order valence-corrected chi connectivity index (χ0v) is 22.0. The SMILES string of the molecule is COc1cc2cc3c(cc2cc1OCCCCN1CCN(c2ccccn2)CC1)N=C[C@@H]1CCCN1C3=O. The summed E-state index contributed by atoms with van der Waals surface area (Å²) in [7, 11) is 1.66. The van der Waals surface area contributed by atoms with Crippen molar-refractivity contribution in [1.29, 1.82) is 0 Å². The van der Waals surface area contributed by atoms with Crippen LogP contribution in [0.2, 0.25) is 0 Å². The van der Waals surface area contributed by atoms with E-state index in [4.69, 9.17) is 9.47 Å². The Hall–Kier alpha value is -3.65. The monoisotopic (exact) mass is 513 g/mol. The molecule has 2 aromatic carbocycles. The fourth-order valence-electron chi connectivity index (χ4n) is 5.73. The van der Waals surface area contributed by atoms with Gasteiger partial charge >= 0.3 is 0 Å². The maximum atomic E-state index is 13.2. The molecule has 198 valence electrons. The molecule has 6 rings (SSSR count). The first-order valence-electron chi connectivity index (χ1n) is 13.7. The number of aliphatic imine (C=N–C) groups is 1. The Bertz CT molecular complexity index is 1320. The molecule has 1 aromatic heterocycles. The summed E-state index contributed by atoms with van der Waals surface area (Å²) in [6.07, 6.45) is 7.86. The second kappa shape index (κ2) is 11.0. The zero-order valence-electron chi connectivity index (χ0n) is 22.0. The minimum absolute atomic E-state index is 0.0688. The molecule has 8 heteroatoms. The van der Waals surface area contributed by atoms with Crippen molar-refractivity contribution in [3.05, 3.63) is 54.2 Å². The number of carbonyl (C=O) groups excluding carboxylic acids is 1. The number of benzene rings is 2. The van der Waals surface area contributed by atoms with Crippen LogP contribution in [0.3, 0.4) is 0 Å². The van der Waals surface area contributed by atoms with Gasteiger partial charge in [-0.05, 0) is 79.4 Å². The van der Waals surface area contributed by atoms with Crippen molar-refractivity contribution < 1.29 is 14.3 Å². The Kier molecular flexibility index (Phi) is 7.14. The van der Waals surface area contributed by atoms with E-state index in [-0.39, 0.29) is 11.9 Å². The number of aromatic nitrogens is 1. The minimum atomic E-state index is 0.0688. The van der Waals surface area contributed by atoms with Gasteiger partial charge in [-0.15, -0.1) is 0 Å². The lowest BCUT2D eigenvalue weighted by Gasteiger charge is -2.35. The molecule has 4 heterocycles. The normalized spacial score (nSPS) is 19.4. The summed E-state index contributed by atoms with van der Waals surface area (Å²) in [6.45, 7) is 6.65. The standard InChI is InChI=1S/C30H35N5O3/c1-37-27-19-22-17-25-26(32-21-24-7-6-11-35(24)30(25)36)18-23(22)20-28(27)38-16-5-4-10-33-12-14-34(15-13-33)29-8-2-3-9-31-29/h2-3,8-9,17-21,24H,4-7,10-16H2,1H3/t24-/m0/s1.